The fourth-order valence-corrected chi connectivity index (χ4v) is 1.41. The molecule has 0 bridgehead atoms. The Kier molecular flexibility index (Phi) is 3.47. The van der Waals surface area contributed by atoms with Crippen LogP contribution in [-0.4, -0.2) is 24.4 Å². The number of aromatic amines is 1. The maximum atomic E-state index is 10.7. The molecule has 0 unspecified atom stereocenters. The summed E-state index contributed by atoms with van der Waals surface area (Å²) in [5.41, 5.74) is 0.844. The predicted molar refractivity (Wildman–Crippen MR) is 65.6 cm³/mol. The fraction of sp³-hybridized carbons (Fsp3) is 0.167. The molecule has 0 spiro atoms. The van der Waals surface area contributed by atoms with Gasteiger partial charge in [0.2, 0.25) is 5.89 Å². The van der Waals surface area contributed by atoms with Gasteiger partial charge in [0.15, 0.2) is 0 Å². The van der Waals surface area contributed by atoms with Crippen molar-refractivity contribution in [2.45, 2.75) is 0 Å². The van der Waals surface area contributed by atoms with E-state index in [0.29, 0.717) is 11.5 Å². The van der Waals surface area contributed by atoms with Crippen LogP contribution < -0.4 is 15.2 Å². The van der Waals surface area contributed by atoms with Gasteiger partial charge in [0.25, 0.3) is 0 Å². The van der Waals surface area contributed by atoms with Gasteiger partial charge in [0.1, 0.15) is 11.5 Å². The molecular weight excluding hydrogens is 236 g/mol. The zero-order valence-corrected chi connectivity index (χ0v) is 9.97. The highest BCUT2D eigenvalue weighted by Gasteiger charge is 2.00. The highest BCUT2D eigenvalue weighted by molar-refractivity contribution is 5.67. The third-order valence-corrected chi connectivity index (χ3v) is 2.25. The van der Waals surface area contributed by atoms with Gasteiger partial charge in [-0.1, -0.05) is 0 Å². The molecule has 1 N–H and O–H groups in total. The minimum Gasteiger partial charge on any atom is -0.497 e. The Bertz CT molecular complexity index is 590. The normalized spacial score (nSPS) is 10.8. The monoisotopic (exact) mass is 248 g/mol. The molecule has 0 saturated carbocycles. The topological polar surface area (TPSA) is 77.4 Å². The molecule has 1 heterocycles. The molecule has 0 radical (unpaired) electrons. The van der Waals surface area contributed by atoms with Crippen molar-refractivity contribution in [2.24, 2.45) is 0 Å². The van der Waals surface area contributed by atoms with Crippen molar-refractivity contribution in [2.75, 3.05) is 14.2 Å². The Hall–Kier alpha value is -2.50. The Labute approximate surface area is 103 Å². The first-order valence-electron chi connectivity index (χ1n) is 5.18. The van der Waals surface area contributed by atoms with Gasteiger partial charge in [-0.25, -0.2) is 9.89 Å². The van der Waals surface area contributed by atoms with Crippen LogP contribution in [0.25, 0.3) is 12.2 Å². The van der Waals surface area contributed by atoms with E-state index < -0.39 is 5.76 Å². The largest absolute Gasteiger partial charge is 0.497 e. The summed E-state index contributed by atoms with van der Waals surface area (Å²) in [5, 5.41) is 5.84. The van der Waals surface area contributed by atoms with Crippen molar-refractivity contribution in [1.29, 1.82) is 0 Å². The summed E-state index contributed by atoms with van der Waals surface area (Å²) in [4.78, 5) is 10.7. The number of hydrogen-bond acceptors (Lipinski definition) is 5. The lowest BCUT2D eigenvalue weighted by molar-refractivity contribution is 0.394. The maximum Gasteiger partial charge on any atom is 0.434 e. The van der Waals surface area contributed by atoms with Gasteiger partial charge < -0.3 is 13.9 Å². The third kappa shape index (κ3) is 2.79. The van der Waals surface area contributed by atoms with Crippen molar-refractivity contribution in [1.82, 2.24) is 10.2 Å². The van der Waals surface area contributed by atoms with Crippen molar-refractivity contribution < 1.29 is 13.9 Å². The highest BCUT2D eigenvalue weighted by atomic mass is 16.5. The van der Waals surface area contributed by atoms with E-state index in [-0.39, 0.29) is 5.89 Å². The summed E-state index contributed by atoms with van der Waals surface area (Å²) in [6, 6.07) is 5.42. The number of H-pyrrole nitrogens is 1. The van der Waals surface area contributed by atoms with E-state index in [1.165, 1.54) is 0 Å². The van der Waals surface area contributed by atoms with E-state index in [4.69, 9.17) is 13.9 Å². The second-order valence-corrected chi connectivity index (χ2v) is 3.43. The second-order valence-electron chi connectivity index (χ2n) is 3.43. The second kappa shape index (κ2) is 5.22. The van der Waals surface area contributed by atoms with Crippen LogP contribution in [0.15, 0.2) is 27.4 Å². The van der Waals surface area contributed by atoms with Gasteiger partial charge in [-0.3, -0.25) is 0 Å². The zero-order chi connectivity index (χ0) is 13.0. The minimum atomic E-state index is -0.585. The molecule has 94 valence electrons. The van der Waals surface area contributed by atoms with Crippen molar-refractivity contribution >= 4 is 12.2 Å². The van der Waals surface area contributed by atoms with E-state index in [2.05, 4.69) is 10.2 Å². The van der Waals surface area contributed by atoms with Gasteiger partial charge in [-0.05, 0) is 23.8 Å². The van der Waals surface area contributed by atoms with Crippen LogP contribution in [0, 0.1) is 0 Å². The number of methoxy groups -OCH3 is 2. The Morgan fingerprint density at radius 1 is 1.17 bits per heavy atom. The average Bonchev–Trinajstić information content (AvgIpc) is 2.81. The molecule has 0 aliphatic rings. The summed E-state index contributed by atoms with van der Waals surface area (Å²) in [6.07, 6.45) is 3.32. The number of aromatic nitrogens is 2. The van der Waals surface area contributed by atoms with Crippen LogP contribution in [0.4, 0.5) is 0 Å². The summed E-state index contributed by atoms with van der Waals surface area (Å²) < 4.78 is 15.0. The number of ether oxygens (including phenoxy) is 2. The molecule has 6 nitrogen and oxygen atoms in total. The van der Waals surface area contributed by atoms with E-state index >= 15 is 0 Å². The summed E-state index contributed by atoms with van der Waals surface area (Å²) in [5.74, 6) is 0.981. The first-order chi connectivity index (χ1) is 8.71. The number of benzene rings is 1. The van der Waals surface area contributed by atoms with Crippen LogP contribution in [0.5, 0.6) is 11.5 Å². The van der Waals surface area contributed by atoms with Crippen LogP contribution in [0.1, 0.15) is 11.5 Å². The quantitative estimate of drug-likeness (QED) is 0.888. The Balaban J connectivity index is 2.27. The lowest BCUT2D eigenvalue weighted by atomic mass is 10.2. The van der Waals surface area contributed by atoms with Gasteiger partial charge in [0, 0.05) is 12.1 Å². The van der Waals surface area contributed by atoms with Gasteiger partial charge in [0.05, 0.1) is 14.2 Å². The molecule has 0 saturated heterocycles. The van der Waals surface area contributed by atoms with Crippen LogP contribution in [0.3, 0.4) is 0 Å². The van der Waals surface area contributed by atoms with Crippen LogP contribution in [-0.2, 0) is 0 Å². The lowest BCUT2D eigenvalue weighted by Gasteiger charge is -2.05. The fourth-order valence-electron chi connectivity index (χ4n) is 1.41. The maximum absolute atomic E-state index is 10.7. The molecular formula is C12H12N2O4. The van der Waals surface area contributed by atoms with Crippen molar-refractivity contribution in [3.8, 4) is 11.5 Å². The van der Waals surface area contributed by atoms with E-state index in [1.54, 1.807) is 32.4 Å². The molecule has 2 rings (SSSR count). The first kappa shape index (κ1) is 12.0. The molecule has 1 aromatic heterocycles. The van der Waals surface area contributed by atoms with E-state index in [0.717, 1.165) is 5.56 Å². The SMILES string of the molecule is COc1cc(/C=C/c2n[nH]c(=O)o2)cc(OC)c1. The minimum absolute atomic E-state index is 0.210. The van der Waals surface area contributed by atoms with E-state index in [1.807, 2.05) is 12.1 Å². The molecule has 0 fully saturated rings. The molecule has 18 heavy (non-hydrogen) atoms. The number of hydrogen-bond donors (Lipinski definition) is 1. The summed E-state index contributed by atoms with van der Waals surface area (Å²) >= 11 is 0. The molecule has 1 aromatic carbocycles. The molecule has 0 aliphatic heterocycles. The average molecular weight is 248 g/mol. The molecule has 2 aromatic rings. The van der Waals surface area contributed by atoms with E-state index in [9.17, 15) is 4.79 Å². The molecule has 0 atom stereocenters. The standard InChI is InChI=1S/C12H12N2O4/c1-16-9-5-8(6-10(7-9)17-2)3-4-11-13-14-12(15)18-11/h3-7H,1-2H3,(H,14,15)/b4-3+. The van der Waals surface area contributed by atoms with Crippen LogP contribution in [0.2, 0.25) is 0 Å². The highest BCUT2D eigenvalue weighted by Crippen LogP contribution is 2.23. The molecule has 0 aliphatic carbocycles. The summed E-state index contributed by atoms with van der Waals surface area (Å²) in [7, 11) is 3.16. The van der Waals surface area contributed by atoms with Crippen molar-refractivity contribution in [3.05, 3.63) is 40.2 Å². The van der Waals surface area contributed by atoms with Gasteiger partial charge in [-0.15, -0.1) is 5.10 Å². The smallest absolute Gasteiger partial charge is 0.434 e. The van der Waals surface area contributed by atoms with Crippen LogP contribution >= 0.6 is 0 Å². The first-order valence-corrected chi connectivity index (χ1v) is 5.18. The number of nitrogens with one attached hydrogen (secondary N) is 1. The lowest BCUT2D eigenvalue weighted by Crippen LogP contribution is -1.93. The Morgan fingerprint density at radius 2 is 1.83 bits per heavy atom. The number of nitrogens with zero attached hydrogens (tertiary/aromatic N) is 1. The molecule has 6 heteroatoms. The van der Waals surface area contributed by atoms with Gasteiger partial charge in [-0.2, -0.15) is 0 Å². The predicted octanol–water partition coefficient (Wildman–Crippen LogP) is 1.55. The third-order valence-electron chi connectivity index (χ3n) is 2.25. The summed E-state index contributed by atoms with van der Waals surface area (Å²) in [6.45, 7) is 0. The Morgan fingerprint density at radius 3 is 2.33 bits per heavy atom. The molecule has 0 amide bonds. The number of rotatable bonds is 4. The van der Waals surface area contributed by atoms with Gasteiger partial charge >= 0.3 is 5.76 Å². The van der Waals surface area contributed by atoms with Crippen molar-refractivity contribution in [3.63, 3.8) is 0 Å². The zero-order valence-electron chi connectivity index (χ0n) is 9.97.